The first-order chi connectivity index (χ1) is 10.8. The van der Waals surface area contributed by atoms with E-state index in [1.165, 1.54) is 10.4 Å². The highest BCUT2D eigenvalue weighted by atomic mass is 32.1. The summed E-state index contributed by atoms with van der Waals surface area (Å²) < 4.78 is 0.699. The summed E-state index contributed by atoms with van der Waals surface area (Å²) in [5.74, 6) is 0.928. The molecular weight excluding hydrogens is 310 g/mol. The van der Waals surface area contributed by atoms with Gasteiger partial charge in [0, 0.05) is 11.9 Å². The molecule has 124 valence electrons. The molecular formula is C17H23N3O2S. The van der Waals surface area contributed by atoms with Crippen LogP contribution in [-0.4, -0.2) is 22.9 Å². The summed E-state index contributed by atoms with van der Waals surface area (Å²) in [6.07, 6.45) is 3.22. The first kappa shape index (κ1) is 16.2. The van der Waals surface area contributed by atoms with Gasteiger partial charge in [-0.3, -0.25) is 9.59 Å². The second-order valence-electron chi connectivity index (χ2n) is 7.35. The number of fused-ring (bicyclic) bond motifs is 3. The van der Waals surface area contributed by atoms with Crippen molar-refractivity contribution in [2.24, 2.45) is 11.3 Å². The van der Waals surface area contributed by atoms with Gasteiger partial charge < -0.3 is 10.3 Å². The van der Waals surface area contributed by atoms with Crippen molar-refractivity contribution in [3.63, 3.8) is 0 Å². The highest BCUT2D eigenvalue weighted by Gasteiger charge is 2.31. The molecule has 5 nitrogen and oxygen atoms in total. The molecule has 1 aliphatic carbocycles. The van der Waals surface area contributed by atoms with Gasteiger partial charge in [0.1, 0.15) is 10.5 Å². The minimum Gasteiger partial charge on any atom is -0.359 e. The lowest BCUT2D eigenvalue weighted by Gasteiger charge is -2.33. The van der Waals surface area contributed by atoms with Crippen LogP contribution in [0.3, 0.4) is 0 Å². The largest absolute Gasteiger partial charge is 0.359 e. The van der Waals surface area contributed by atoms with Gasteiger partial charge in [-0.05, 0) is 36.2 Å². The third-order valence-corrected chi connectivity index (χ3v) is 6.02. The van der Waals surface area contributed by atoms with Gasteiger partial charge >= 0.3 is 0 Å². The maximum absolute atomic E-state index is 12.3. The minimum absolute atomic E-state index is 0.108. The number of aromatic nitrogens is 2. The number of amides is 1. The fourth-order valence-electron chi connectivity index (χ4n) is 3.26. The van der Waals surface area contributed by atoms with E-state index in [1.807, 2.05) is 0 Å². The van der Waals surface area contributed by atoms with E-state index in [-0.39, 0.29) is 23.3 Å². The molecule has 0 fully saturated rings. The molecule has 23 heavy (non-hydrogen) atoms. The topological polar surface area (TPSA) is 74.8 Å². The Morgan fingerprint density at radius 2 is 2.17 bits per heavy atom. The van der Waals surface area contributed by atoms with Crippen LogP contribution in [0, 0.1) is 11.3 Å². The lowest BCUT2D eigenvalue weighted by Crippen LogP contribution is -2.26. The number of hydrogen-bond acceptors (Lipinski definition) is 4. The van der Waals surface area contributed by atoms with Crippen LogP contribution in [-0.2, 0) is 24.1 Å². The summed E-state index contributed by atoms with van der Waals surface area (Å²) in [5, 5.41) is 2.56. The van der Waals surface area contributed by atoms with Crippen molar-refractivity contribution < 1.29 is 4.79 Å². The zero-order chi connectivity index (χ0) is 16.8. The van der Waals surface area contributed by atoms with Gasteiger partial charge in [-0.1, -0.05) is 20.8 Å². The van der Waals surface area contributed by atoms with Crippen LogP contribution in [0.15, 0.2) is 4.79 Å². The first-order valence-corrected chi connectivity index (χ1v) is 8.85. The smallest absolute Gasteiger partial charge is 0.268 e. The van der Waals surface area contributed by atoms with Gasteiger partial charge in [-0.2, -0.15) is 0 Å². The number of thiophene rings is 1. The Bertz CT molecular complexity index is 814. The van der Waals surface area contributed by atoms with Crippen LogP contribution < -0.4 is 10.9 Å². The third-order valence-electron chi connectivity index (χ3n) is 4.78. The molecule has 1 aliphatic rings. The summed E-state index contributed by atoms with van der Waals surface area (Å²) in [6.45, 7) is 6.84. The molecule has 2 heterocycles. The van der Waals surface area contributed by atoms with Crippen molar-refractivity contribution in [1.82, 2.24) is 15.3 Å². The summed E-state index contributed by atoms with van der Waals surface area (Å²) >= 11 is 1.57. The summed E-state index contributed by atoms with van der Waals surface area (Å²) in [7, 11) is 1.58. The molecule has 0 aromatic carbocycles. The van der Waals surface area contributed by atoms with E-state index in [1.54, 1.807) is 18.4 Å². The molecule has 0 saturated heterocycles. The second-order valence-corrected chi connectivity index (χ2v) is 8.46. The van der Waals surface area contributed by atoms with Crippen LogP contribution in [0.2, 0.25) is 0 Å². The lowest BCUT2D eigenvalue weighted by atomic mass is 9.72. The molecule has 0 aliphatic heterocycles. The number of hydrogen-bond donors (Lipinski definition) is 2. The number of aryl methyl sites for hydroxylation is 1. The molecule has 2 N–H and O–H groups in total. The molecule has 0 unspecified atom stereocenters. The van der Waals surface area contributed by atoms with E-state index < -0.39 is 0 Å². The van der Waals surface area contributed by atoms with Crippen molar-refractivity contribution >= 4 is 27.5 Å². The van der Waals surface area contributed by atoms with Gasteiger partial charge in [0.25, 0.3) is 5.56 Å². The van der Waals surface area contributed by atoms with Gasteiger partial charge in [0.15, 0.2) is 0 Å². The highest BCUT2D eigenvalue weighted by Crippen LogP contribution is 2.41. The number of rotatable bonds is 2. The molecule has 2 aromatic rings. The Morgan fingerprint density at radius 1 is 1.43 bits per heavy atom. The van der Waals surface area contributed by atoms with Crippen molar-refractivity contribution in [2.75, 3.05) is 7.05 Å². The molecule has 0 spiro atoms. The van der Waals surface area contributed by atoms with Gasteiger partial charge in [-0.15, -0.1) is 11.3 Å². The average molecular weight is 333 g/mol. The summed E-state index contributed by atoms with van der Waals surface area (Å²) in [6, 6.07) is 0. The lowest BCUT2D eigenvalue weighted by molar-refractivity contribution is -0.120. The fourth-order valence-corrected chi connectivity index (χ4v) is 4.52. The predicted octanol–water partition coefficient (Wildman–Crippen LogP) is 2.42. The van der Waals surface area contributed by atoms with Crippen molar-refractivity contribution in [2.45, 2.75) is 46.5 Å². The van der Waals surface area contributed by atoms with E-state index in [0.29, 0.717) is 16.4 Å². The number of carbonyl (C=O) groups is 1. The third kappa shape index (κ3) is 3.04. The van der Waals surface area contributed by atoms with Gasteiger partial charge in [-0.25, -0.2) is 4.98 Å². The Hall–Kier alpha value is -1.69. The first-order valence-electron chi connectivity index (χ1n) is 8.03. The molecule has 3 rings (SSSR count). The van der Waals surface area contributed by atoms with Crippen molar-refractivity contribution in [1.29, 1.82) is 0 Å². The second kappa shape index (κ2) is 5.74. The zero-order valence-corrected chi connectivity index (χ0v) is 14.9. The maximum atomic E-state index is 12.3. The number of H-pyrrole nitrogens is 1. The molecule has 1 atom stereocenters. The number of aromatic amines is 1. The zero-order valence-electron chi connectivity index (χ0n) is 14.1. The van der Waals surface area contributed by atoms with E-state index in [9.17, 15) is 9.59 Å². The molecule has 0 saturated carbocycles. The Labute approximate surface area is 139 Å². The van der Waals surface area contributed by atoms with E-state index >= 15 is 0 Å². The van der Waals surface area contributed by atoms with Crippen LogP contribution in [0.5, 0.6) is 0 Å². The highest BCUT2D eigenvalue weighted by molar-refractivity contribution is 7.19. The Morgan fingerprint density at radius 3 is 2.83 bits per heavy atom. The quantitative estimate of drug-likeness (QED) is 0.886. The fraction of sp³-hybridized carbons (Fsp3) is 0.588. The monoisotopic (exact) mass is 333 g/mol. The van der Waals surface area contributed by atoms with Crippen LogP contribution >= 0.6 is 11.3 Å². The van der Waals surface area contributed by atoms with Crippen molar-refractivity contribution in [3.8, 4) is 0 Å². The molecule has 1 amide bonds. The summed E-state index contributed by atoms with van der Waals surface area (Å²) in [5.41, 5.74) is 2.17. The van der Waals surface area contributed by atoms with Gasteiger partial charge in [0.2, 0.25) is 5.91 Å². The Kier molecular flexibility index (Phi) is 4.04. The van der Waals surface area contributed by atoms with Crippen LogP contribution in [0.4, 0.5) is 0 Å². The molecule has 0 radical (unpaired) electrons. The average Bonchev–Trinajstić information content (AvgIpc) is 2.85. The van der Waals surface area contributed by atoms with Crippen LogP contribution in [0.25, 0.3) is 10.2 Å². The van der Waals surface area contributed by atoms with E-state index in [2.05, 4.69) is 36.1 Å². The van der Waals surface area contributed by atoms with Crippen molar-refractivity contribution in [3.05, 3.63) is 26.6 Å². The summed E-state index contributed by atoms with van der Waals surface area (Å²) in [4.78, 5) is 32.5. The number of nitrogens with one attached hydrogen (secondary N) is 2. The number of nitrogens with zero attached hydrogens (tertiary/aromatic N) is 1. The van der Waals surface area contributed by atoms with Crippen LogP contribution in [0.1, 0.15) is 43.5 Å². The molecule has 0 bridgehead atoms. The number of carbonyl (C=O) groups excluding carboxylic acids is 1. The van der Waals surface area contributed by atoms with E-state index in [0.717, 1.165) is 24.8 Å². The normalized spacial score (nSPS) is 18.0. The predicted molar refractivity (Wildman–Crippen MR) is 93.0 cm³/mol. The number of likely N-dealkylation sites (N-methyl/N-ethyl adjacent to an activating group) is 1. The molecule has 6 heteroatoms. The van der Waals surface area contributed by atoms with E-state index in [4.69, 9.17) is 0 Å². The SMILES string of the molecule is CNC(=O)Cc1nc2c3c(sc2c(=O)[nH]1)C[C@H](C(C)(C)C)CC3. The maximum Gasteiger partial charge on any atom is 0.268 e. The van der Waals surface area contributed by atoms with Gasteiger partial charge in [0.05, 0.1) is 11.9 Å². The Balaban J connectivity index is 2.03. The minimum atomic E-state index is -0.149. The standard InChI is InChI=1S/C17H23N3O2S/c1-17(2,3)9-5-6-10-11(7-9)23-15-14(10)19-12(20-16(15)22)8-13(21)18-4/h9H,5-8H2,1-4H3,(H,18,21)(H,19,20,22)/t9-/m1/s1. The molecule has 2 aromatic heterocycles.